The van der Waals surface area contributed by atoms with Gasteiger partial charge in [-0.15, -0.1) is 0 Å². The van der Waals surface area contributed by atoms with Crippen molar-refractivity contribution in [3.05, 3.63) is 44.4 Å². The Hall–Kier alpha value is -0.670. The lowest BCUT2D eigenvalue weighted by molar-refractivity contribution is -0.458. The van der Waals surface area contributed by atoms with E-state index in [-0.39, 0.29) is 0 Å². The summed E-state index contributed by atoms with van der Waals surface area (Å²) in [5, 5.41) is 0. The van der Waals surface area contributed by atoms with Gasteiger partial charge in [-0.3, -0.25) is 0 Å². The summed E-state index contributed by atoms with van der Waals surface area (Å²) >= 11 is 3.71. The second kappa shape index (κ2) is 6.81. The van der Waals surface area contributed by atoms with Crippen molar-refractivity contribution in [2.75, 3.05) is 14.1 Å². The Morgan fingerprint density at radius 3 is 2.00 bits per heavy atom. The second-order valence-corrected chi connectivity index (χ2v) is 6.46. The molecule has 0 spiro atoms. The van der Waals surface area contributed by atoms with E-state index in [1.165, 1.54) is 14.0 Å². The highest BCUT2D eigenvalue weighted by Gasteiger charge is 2.12. The summed E-state index contributed by atoms with van der Waals surface area (Å²) in [5.74, 6) is 0. The largest absolute Gasteiger partial charge is 0.241 e. The van der Waals surface area contributed by atoms with E-state index < -0.39 is 0 Å². The topological polar surface area (TPSA) is 3.01 Å². The Labute approximate surface area is 107 Å². The second-order valence-electron chi connectivity index (χ2n) is 3.68. The predicted molar refractivity (Wildman–Crippen MR) is 78.1 cm³/mol. The Morgan fingerprint density at radius 2 is 1.44 bits per heavy atom. The summed E-state index contributed by atoms with van der Waals surface area (Å²) in [7, 11) is 4.03. The maximum Gasteiger partial charge on any atom is 0.162 e. The highest BCUT2D eigenvalue weighted by molar-refractivity contribution is 8.28. The molecule has 1 aliphatic rings. The molecule has 1 rings (SSSR count). The molecule has 0 aromatic carbocycles. The van der Waals surface area contributed by atoms with E-state index in [1.807, 2.05) is 60.6 Å². The third-order valence-corrected chi connectivity index (χ3v) is 4.48. The van der Waals surface area contributed by atoms with E-state index in [9.17, 15) is 0 Å². The van der Waals surface area contributed by atoms with Crippen molar-refractivity contribution >= 4 is 29.7 Å². The van der Waals surface area contributed by atoms with Crippen molar-refractivity contribution in [1.82, 2.24) is 0 Å². The molecule has 0 aromatic heterocycles. The fourth-order valence-corrected chi connectivity index (χ4v) is 3.37. The molecule has 86 valence electrons. The van der Waals surface area contributed by atoms with Gasteiger partial charge in [-0.05, 0) is 29.7 Å². The van der Waals surface area contributed by atoms with Crippen molar-refractivity contribution in [3.8, 4) is 0 Å². The van der Waals surface area contributed by atoms with Gasteiger partial charge in [0.1, 0.15) is 14.1 Å². The van der Waals surface area contributed by atoms with Gasteiger partial charge < -0.3 is 0 Å². The van der Waals surface area contributed by atoms with E-state index in [0.717, 1.165) is 0 Å². The number of hydrogen-bond donors (Lipinski definition) is 0. The Morgan fingerprint density at radius 1 is 0.875 bits per heavy atom. The Balaban J connectivity index is 2.41. The summed E-state index contributed by atoms with van der Waals surface area (Å²) < 4.78 is 3.37. The number of hydrogen-bond acceptors (Lipinski definition) is 2. The first-order valence-corrected chi connectivity index (χ1v) is 6.81. The van der Waals surface area contributed by atoms with Gasteiger partial charge in [-0.1, -0.05) is 41.8 Å². The van der Waals surface area contributed by atoms with Gasteiger partial charge in [0, 0.05) is 10.3 Å². The summed E-state index contributed by atoms with van der Waals surface area (Å²) in [6, 6.07) is 0. The van der Waals surface area contributed by atoms with Crippen molar-refractivity contribution in [2.45, 2.75) is 13.8 Å². The molecule has 0 fully saturated rings. The van der Waals surface area contributed by atoms with E-state index >= 15 is 0 Å². The van der Waals surface area contributed by atoms with Crippen molar-refractivity contribution in [2.24, 2.45) is 0 Å². The Bertz CT molecular complexity index is 378. The van der Waals surface area contributed by atoms with E-state index in [4.69, 9.17) is 0 Å². The number of allylic oxidation sites excluding steroid dienone is 7. The van der Waals surface area contributed by atoms with Gasteiger partial charge >= 0.3 is 0 Å². The van der Waals surface area contributed by atoms with Crippen molar-refractivity contribution in [1.29, 1.82) is 0 Å². The summed E-state index contributed by atoms with van der Waals surface area (Å²) in [4.78, 5) is 2.84. The van der Waals surface area contributed by atoms with Gasteiger partial charge in [0.15, 0.2) is 6.21 Å². The van der Waals surface area contributed by atoms with Crippen LogP contribution < -0.4 is 0 Å². The van der Waals surface area contributed by atoms with Crippen LogP contribution in [0.15, 0.2) is 44.4 Å². The molecule has 0 amide bonds. The number of nitrogens with zero attached hydrogens (tertiary/aromatic N) is 1. The zero-order valence-electron chi connectivity index (χ0n) is 10.2. The van der Waals surface area contributed by atoms with Crippen LogP contribution in [-0.2, 0) is 0 Å². The maximum absolute atomic E-state index is 2.17. The normalized spacial score (nSPS) is 16.6. The van der Waals surface area contributed by atoms with E-state index in [2.05, 4.69) is 32.1 Å². The molecule has 0 aliphatic carbocycles. The molecule has 1 nitrogen and oxygen atoms in total. The van der Waals surface area contributed by atoms with Crippen LogP contribution in [-0.4, -0.2) is 24.9 Å². The van der Waals surface area contributed by atoms with Crippen LogP contribution in [0, 0.1) is 0 Å². The molecule has 1 aliphatic heterocycles. The SMILES string of the molecule is CC1=C(C)SC(=C/C=C/C=C/C=[N+](C)C)S1. The molecule has 1 heterocycles. The van der Waals surface area contributed by atoms with Crippen LogP contribution >= 0.6 is 23.5 Å². The zero-order valence-corrected chi connectivity index (χ0v) is 11.9. The van der Waals surface area contributed by atoms with Crippen LogP contribution in [0.4, 0.5) is 0 Å². The highest BCUT2D eigenvalue weighted by atomic mass is 32.2. The van der Waals surface area contributed by atoms with Gasteiger partial charge in [0.2, 0.25) is 0 Å². The zero-order chi connectivity index (χ0) is 12.0. The van der Waals surface area contributed by atoms with Crippen molar-refractivity contribution in [3.63, 3.8) is 0 Å². The van der Waals surface area contributed by atoms with Gasteiger partial charge in [0.25, 0.3) is 0 Å². The first kappa shape index (κ1) is 13.4. The lowest BCUT2D eigenvalue weighted by atomic mass is 10.4. The Kier molecular flexibility index (Phi) is 5.71. The summed E-state index contributed by atoms with van der Waals surface area (Å²) in [6.07, 6.45) is 12.4. The minimum absolute atomic E-state index is 1.36. The number of thioether (sulfide) groups is 2. The maximum atomic E-state index is 2.17. The lowest BCUT2D eigenvalue weighted by Gasteiger charge is -1.90. The molecule has 0 saturated heterocycles. The van der Waals surface area contributed by atoms with Crippen LogP contribution in [0.2, 0.25) is 0 Å². The van der Waals surface area contributed by atoms with Gasteiger partial charge in [-0.2, -0.15) is 0 Å². The molecule has 0 N–H and O–H groups in total. The van der Waals surface area contributed by atoms with E-state index in [0.29, 0.717) is 0 Å². The fraction of sp³-hybridized carbons (Fsp3) is 0.308. The minimum Gasteiger partial charge on any atom is -0.241 e. The minimum atomic E-state index is 1.36. The molecule has 0 unspecified atom stereocenters. The molecule has 0 radical (unpaired) electrons. The quantitative estimate of drug-likeness (QED) is 0.424. The van der Waals surface area contributed by atoms with Crippen molar-refractivity contribution < 1.29 is 4.58 Å². The molecule has 3 heteroatoms. The number of rotatable bonds is 3. The summed E-state index contributed by atoms with van der Waals surface area (Å²) in [5.41, 5.74) is 0. The summed E-state index contributed by atoms with van der Waals surface area (Å²) in [6.45, 7) is 4.34. The molecular weight excluding hydrogens is 234 g/mol. The molecule has 0 saturated carbocycles. The third-order valence-electron chi connectivity index (χ3n) is 1.95. The third kappa shape index (κ3) is 4.90. The standard InChI is InChI=1S/C13H18NS2/c1-11-12(2)16-13(15-11)9-7-5-6-8-10-14(3)4/h5-10H,1-4H3/q+1/b7-5+,8-6+. The van der Waals surface area contributed by atoms with Gasteiger partial charge in [0.05, 0.1) is 0 Å². The monoisotopic (exact) mass is 252 g/mol. The first-order valence-electron chi connectivity index (χ1n) is 5.17. The molecular formula is C13H18NS2+. The fourth-order valence-electron chi connectivity index (χ4n) is 1.02. The average Bonchev–Trinajstić information content (AvgIpc) is 2.52. The van der Waals surface area contributed by atoms with Crippen LogP contribution in [0.3, 0.4) is 0 Å². The average molecular weight is 252 g/mol. The predicted octanol–water partition coefficient (Wildman–Crippen LogP) is 4.01. The first-order chi connectivity index (χ1) is 7.59. The van der Waals surface area contributed by atoms with Crippen LogP contribution in [0.1, 0.15) is 13.8 Å². The van der Waals surface area contributed by atoms with Crippen LogP contribution in [0.25, 0.3) is 0 Å². The van der Waals surface area contributed by atoms with Crippen LogP contribution in [0.5, 0.6) is 0 Å². The molecule has 0 aromatic rings. The van der Waals surface area contributed by atoms with E-state index in [1.54, 1.807) is 0 Å². The lowest BCUT2D eigenvalue weighted by Crippen LogP contribution is -1.94. The molecule has 0 bridgehead atoms. The highest BCUT2D eigenvalue weighted by Crippen LogP contribution is 2.48. The molecule has 0 atom stereocenters. The smallest absolute Gasteiger partial charge is 0.162 e. The molecule has 16 heavy (non-hydrogen) atoms. The van der Waals surface area contributed by atoms with Gasteiger partial charge in [-0.25, -0.2) is 4.58 Å².